The number of nitro groups is 1. The number of nitrogens with one attached hydrogen (secondary N) is 1. The molecule has 0 saturated heterocycles. The van der Waals surface area contributed by atoms with Crippen LogP contribution in [0.15, 0.2) is 24.5 Å². The molecule has 0 unspecified atom stereocenters. The van der Waals surface area contributed by atoms with Gasteiger partial charge in [0.2, 0.25) is 0 Å². The molecule has 8 nitrogen and oxygen atoms in total. The van der Waals surface area contributed by atoms with Crippen molar-refractivity contribution >= 4 is 11.4 Å². The van der Waals surface area contributed by atoms with Gasteiger partial charge in [-0.3, -0.25) is 10.1 Å². The maximum absolute atomic E-state index is 10.9. The van der Waals surface area contributed by atoms with Gasteiger partial charge in [-0.1, -0.05) is 6.07 Å². The number of nitriles is 1. The molecule has 0 saturated carbocycles. The summed E-state index contributed by atoms with van der Waals surface area (Å²) in [5.74, 6) is 0.0961. The molecule has 0 spiro atoms. The summed E-state index contributed by atoms with van der Waals surface area (Å²) in [7, 11) is 0. The van der Waals surface area contributed by atoms with E-state index in [0.29, 0.717) is 18.8 Å². The number of hydrogen-bond acceptors (Lipinski definition) is 6. The summed E-state index contributed by atoms with van der Waals surface area (Å²) >= 11 is 0. The molecular weight excluding hydrogens is 260 g/mol. The highest BCUT2D eigenvalue weighted by molar-refractivity contribution is 5.62. The average Bonchev–Trinajstić information content (AvgIpc) is 2.87. The molecule has 1 aromatic carbocycles. The van der Waals surface area contributed by atoms with Crippen LogP contribution < -0.4 is 5.32 Å². The highest BCUT2D eigenvalue weighted by atomic mass is 16.6. The van der Waals surface area contributed by atoms with E-state index in [1.807, 2.05) is 13.0 Å². The van der Waals surface area contributed by atoms with Gasteiger partial charge in [0.1, 0.15) is 18.1 Å². The third-order valence-electron chi connectivity index (χ3n) is 2.61. The number of anilines is 1. The highest BCUT2D eigenvalue weighted by Crippen LogP contribution is 2.25. The molecule has 0 radical (unpaired) electrons. The van der Waals surface area contributed by atoms with Gasteiger partial charge in [-0.05, 0) is 18.6 Å². The lowest BCUT2D eigenvalue weighted by molar-refractivity contribution is -0.384. The molecule has 0 aliphatic rings. The van der Waals surface area contributed by atoms with E-state index in [-0.39, 0.29) is 11.5 Å². The molecule has 102 valence electrons. The maximum Gasteiger partial charge on any atom is 0.292 e. The SMILES string of the molecule is CCNc1cc(Cn2cnc(C#N)n2)ccc1[N+](=O)[O-]. The Kier molecular flexibility index (Phi) is 3.91. The van der Waals surface area contributed by atoms with E-state index in [2.05, 4.69) is 15.4 Å². The van der Waals surface area contributed by atoms with Gasteiger partial charge >= 0.3 is 0 Å². The van der Waals surface area contributed by atoms with Crippen LogP contribution in [0.4, 0.5) is 11.4 Å². The second-order valence-corrected chi connectivity index (χ2v) is 4.02. The number of benzene rings is 1. The maximum atomic E-state index is 10.9. The van der Waals surface area contributed by atoms with E-state index in [1.54, 1.807) is 12.1 Å². The first-order valence-corrected chi connectivity index (χ1v) is 5.94. The zero-order chi connectivity index (χ0) is 14.5. The Balaban J connectivity index is 2.26. The molecule has 0 amide bonds. The minimum absolute atomic E-state index is 0.0342. The molecule has 2 aromatic rings. The number of hydrogen-bond donors (Lipinski definition) is 1. The van der Waals surface area contributed by atoms with Gasteiger partial charge in [0.15, 0.2) is 0 Å². The molecule has 1 aromatic heterocycles. The second kappa shape index (κ2) is 5.79. The molecular formula is C12H12N6O2. The molecule has 0 aliphatic heterocycles. The quantitative estimate of drug-likeness (QED) is 0.653. The van der Waals surface area contributed by atoms with Gasteiger partial charge in [-0.15, -0.1) is 5.10 Å². The summed E-state index contributed by atoms with van der Waals surface area (Å²) in [4.78, 5) is 14.3. The Morgan fingerprint density at radius 3 is 2.95 bits per heavy atom. The van der Waals surface area contributed by atoms with Gasteiger partial charge in [-0.2, -0.15) is 5.26 Å². The summed E-state index contributed by atoms with van der Waals surface area (Å²) < 4.78 is 1.51. The number of nitrogens with zero attached hydrogens (tertiary/aromatic N) is 5. The van der Waals surface area contributed by atoms with Crippen LogP contribution in [0.5, 0.6) is 0 Å². The highest BCUT2D eigenvalue weighted by Gasteiger charge is 2.13. The van der Waals surface area contributed by atoms with Crippen LogP contribution in [-0.4, -0.2) is 26.2 Å². The van der Waals surface area contributed by atoms with Gasteiger partial charge < -0.3 is 5.32 Å². The Labute approximate surface area is 114 Å². The van der Waals surface area contributed by atoms with Crippen molar-refractivity contribution in [2.24, 2.45) is 0 Å². The number of nitro benzene ring substituents is 1. The van der Waals surface area contributed by atoms with Crippen molar-refractivity contribution < 1.29 is 4.92 Å². The lowest BCUT2D eigenvalue weighted by Crippen LogP contribution is -2.05. The van der Waals surface area contributed by atoms with E-state index in [4.69, 9.17) is 5.26 Å². The summed E-state index contributed by atoms with van der Waals surface area (Å²) in [6.45, 7) is 2.85. The first-order chi connectivity index (χ1) is 9.63. The molecule has 0 aliphatic carbocycles. The van der Waals surface area contributed by atoms with Crippen LogP contribution in [0, 0.1) is 21.4 Å². The summed E-state index contributed by atoms with van der Waals surface area (Å²) in [6.07, 6.45) is 1.45. The Morgan fingerprint density at radius 1 is 1.55 bits per heavy atom. The normalized spacial score (nSPS) is 10.0. The zero-order valence-electron chi connectivity index (χ0n) is 10.8. The number of aromatic nitrogens is 3. The van der Waals surface area contributed by atoms with E-state index < -0.39 is 4.92 Å². The topological polar surface area (TPSA) is 110 Å². The zero-order valence-corrected chi connectivity index (χ0v) is 10.8. The first kappa shape index (κ1) is 13.5. The predicted octanol–water partition coefficient (Wildman–Crippen LogP) is 1.54. The van der Waals surface area contributed by atoms with Crippen molar-refractivity contribution in [1.29, 1.82) is 5.26 Å². The molecule has 0 atom stereocenters. The van der Waals surface area contributed by atoms with Crippen molar-refractivity contribution in [1.82, 2.24) is 14.8 Å². The van der Waals surface area contributed by atoms with Crippen molar-refractivity contribution in [3.8, 4) is 6.07 Å². The average molecular weight is 272 g/mol. The Morgan fingerprint density at radius 2 is 2.35 bits per heavy atom. The molecule has 0 fully saturated rings. The van der Waals surface area contributed by atoms with Crippen LogP contribution >= 0.6 is 0 Å². The fraction of sp³-hybridized carbons (Fsp3) is 0.250. The lowest BCUT2D eigenvalue weighted by atomic mass is 10.1. The lowest BCUT2D eigenvalue weighted by Gasteiger charge is -2.07. The van der Waals surface area contributed by atoms with Crippen LogP contribution in [0.3, 0.4) is 0 Å². The van der Waals surface area contributed by atoms with Crippen LogP contribution in [-0.2, 0) is 6.54 Å². The predicted molar refractivity (Wildman–Crippen MR) is 71.1 cm³/mol. The van der Waals surface area contributed by atoms with Gasteiger partial charge in [-0.25, -0.2) is 9.67 Å². The van der Waals surface area contributed by atoms with Crippen LogP contribution in [0.2, 0.25) is 0 Å². The van der Waals surface area contributed by atoms with Gasteiger partial charge in [0.05, 0.1) is 11.5 Å². The molecule has 1 heterocycles. The smallest absolute Gasteiger partial charge is 0.292 e. The largest absolute Gasteiger partial charge is 0.380 e. The van der Waals surface area contributed by atoms with E-state index in [1.165, 1.54) is 17.1 Å². The molecule has 2 rings (SSSR count). The monoisotopic (exact) mass is 272 g/mol. The minimum atomic E-state index is -0.426. The third kappa shape index (κ3) is 2.89. The fourth-order valence-corrected chi connectivity index (χ4v) is 1.78. The Hall–Kier alpha value is -2.95. The van der Waals surface area contributed by atoms with Gasteiger partial charge in [0.25, 0.3) is 11.5 Å². The second-order valence-electron chi connectivity index (χ2n) is 4.02. The summed E-state index contributed by atoms with van der Waals surface area (Å²) in [5.41, 5.74) is 1.34. The molecule has 1 N–H and O–H groups in total. The molecule has 0 bridgehead atoms. The van der Waals surface area contributed by atoms with E-state index in [9.17, 15) is 10.1 Å². The first-order valence-electron chi connectivity index (χ1n) is 5.94. The van der Waals surface area contributed by atoms with E-state index in [0.717, 1.165) is 5.56 Å². The minimum Gasteiger partial charge on any atom is -0.380 e. The van der Waals surface area contributed by atoms with Crippen molar-refractivity contribution in [3.63, 3.8) is 0 Å². The van der Waals surface area contributed by atoms with Crippen molar-refractivity contribution in [2.75, 3.05) is 11.9 Å². The molecule has 20 heavy (non-hydrogen) atoms. The summed E-state index contributed by atoms with van der Waals surface area (Å²) in [6, 6.07) is 6.66. The standard InChI is InChI=1S/C12H12N6O2/c1-2-14-10-5-9(3-4-11(10)18(19)20)7-17-8-15-12(6-13)16-17/h3-5,8,14H,2,7H2,1H3. The fourth-order valence-electron chi connectivity index (χ4n) is 1.78. The van der Waals surface area contributed by atoms with E-state index >= 15 is 0 Å². The number of rotatable bonds is 5. The van der Waals surface area contributed by atoms with Crippen molar-refractivity contribution in [2.45, 2.75) is 13.5 Å². The van der Waals surface area contributed by atoms with Crippen LogP contribution in [0.25, 0.3) is 0 Å². The third-order valence-corrected chi connectivity index (χ3v) is 2.61. The Bertz CT molecular complexity index is 673. The molecule has 8 heteroatoms. The van der Waals surface area contributed by atoms with Crippen LogP contribution in [0.1, 0.15) is 18.3 Å². The van der Waals surface area contributed by atoms with Gasteiger partial charge in [0, 0.05) is 12.6 Å². The summed E-state index contributed by atoms with van der Waals surface area (Å²) in [5, 5.41) is 26.5. The van der Waals surface area contributed by atoms with Crippen molar-refractivity contribution in [3.05, 3.63) is 46.0 Å².